The molecule has 7 nitrogen and oxygen atoms in total. The molecule has 2 rings (SSSR count). The fraction of sp³-hybridized carbons (Fsp3) is 0.467. The molecule has 1 N–H and O–H groups in total. The van der Waals surface area contributed by atoms with Crippen LogP contribution in [0.1, 0.15) is 32.6 Å². The van der Waals surface area contributed by atoms with E-state index in [2.05, 4.69) is 20.4 Å². The van der Waals surface area contributed by atoms with Gasteiger partial charge < -0.3 is 9.26 Å². The summed E-state index contributed by atoms with van der Waals surface area (Å²) in [5, 5.41) is 7.03. The van der Waals surface area contributed by atoms with E-state index in [1.807, 2.05) is 19.1 Å². The summed E-state index contributed by atoms with van der Waals surface area (Å²) in [6, 6.07) is 5.47. The minimum atomic E-state index is -0.775. The molecule has 1 atom stereocenters. The van der Waals surface area contributed by atoms with Gasteiger partial charge in [-0.25, -0.2) is 0 Å². The number of carbonyl (C=O) groups is 1. The van der Waals surface area contributed by atoms with Crippen LogP contribution in [0.4, 0.5) is 0 Å². The molecule has 0 aromatic carbocycles. The fourth-order valence-electron chi connectivity index (χ4n) is 2.18. The van der Waals surface area contributed by atoms with Crippen LogP contribution in [0.5, 0.6) is 0 Å². The third-order valence-electron chi connectivity index (χ3n) is 3.38. The largest absolute Gasteiger partial charge is 0.468 e. The number of aromatic nitrogens is 3. The monoisotopic (exact) mass is 304 g/mol. The maximum atomic E-state index is 11.9. The first-order chi connectivity index (χ1) is 10.6. The zero-order valence-electron chi connectivity index (χ0n) is 13.0. The lowest BCUT2D eigenvalue weighted by Crippen LogP contribution is -2.49. The van der Waals surface area contributed by atoms with Gasteiger partial charge in [-0.1, -0.05) is 24.6 Å². The summed E-state index contributed by atoms with van der Waals surface area (Å²) in [5.41, 5.74) is -0.134. The number of nitrogens with zero attached hydrogens (tertiary/aromatic N) is 3. The third-order valence-corrected chi connectivity index (χ3v) is 3.38. The van der Waals surface area contributed by atoms with Crippen LogP contribution in [-0.2, 0) is 16.1 Å². The lowest BCUT2D eigenvalue weighted by Gasteiger charge is -2.26. The quantitative estimate of drug-likeness (QED) is 0.782. The van der Waals surface area contributed by atoms with Gasteiger partial charge in [0.1, 0.15) is 11.2 Å². The lowest BCUT2D eigenvalue weighted by molar-refractivity contribution is -0.148. The van der Waals surface area contributed by atoms with Crippen molar-refractivity contribution in [3.63, 3.8) is 0 Å². The highest BCUT2D eigenvalue weighted by Crippen LogP contribution is 2.16. The molecule has 2 aromatic rings. The Bertz CT molecular complexity index is 614. The molecule has 0 bridgehead atoms. The van der Waals surface area contributed by atoms with Crippen molar-refractivity contribution in [1.29, 1.82) is 0 Å². The standard InChI is InChI=1S/C15H20N4O3/c1-4-8-15(2,14(20)21-3)17-10-12-18-13(19-22-12)11-7-5-6-9-16-11/h5-7,9,17H,4,8,10H2,1-3H3/t15-/m0/s1. The van der Waals surface area contributed by atoms with Crippen LogP contribution in [0.2, 0.25) is 0 Å². The number of hydrogen-bond acceptors (Lipinski definition) is 7. The number of methoxy groups -OCH3 is 1. The van der Waals surface area contributed by atoms with E-state index < -0.39 is 5.54 Å². The lowest BCUT2D eigenvalue weighted by atomic mass is 9.96. The number of carbonyl (C=O) groups excluding carboxylic acids is 1. The highest BCUT2D eigenvalue weighted by molar-refractivity contribution is 5.80. The van der Waals surface area contributed by atoms with Crippen molar-refractivity contribution in [2.24, 2.45) is 0 Å². The molecule has 2 heterocycles. The highest BCUT2D eigenvalue weighted by atomic mass is 16.5. The second-order valence-corrected chi connectivity index (χ2v) is 5.15. The van der Waals surface area contributed by atoms with Gasteiger partial charge >= 0.3 is 5.97 Å². The number of nitrogens with one attached hydrogen (secondary N) is 1. The van der Waals surface area contributed by atoms with Gasteiger partial charge in [-0.3, -0.25) is 15.1 Å². The summed E-state index contributed by atoms with van der Waals surface area (Å²) in [7, 11) is 1.38. The van der Waals surface area contributed by atoms with E-state index in [4.69, 9.17) is 9.26 Å². The molecule has 0 radical (unpaired) electrons. The number of ether oxygens (including phenoxy) is 1. The molecule has 0 saturated heterocycles. The SMILES string of the molecule is CCC[C@](C)(NCc1nc(-c2ccccn2)no1)C(=O)OC. The van der Waals surface area contributed by atoms with Gasteiger partial charge in [0.25, 0.3) is 0 Å². The Hall–Kier alpha value is -2.28. The number of hydrogen-bond donors (Lipinski definition) is 1. The summed E-state index contributed by atoms with van der Waals surface area (Å²) >= 11 is 0. The van der Waals surface area contributed by atoms with Crippen molar-refractivity contribution in [3.8, 4) is 11.5 Å². The van der Waals surface area contributed by atoms with Gasteiger partial charge in [0.05, 0.1) is 13.7 Å². The minimum absolute atomic E-state index is 0.283. The molecule has 0 spiro atoms. The molecule has 0 aliphatic heterocycles. The van der Waals surface area contributed by atoms with Gasteiger partial charge in [-0.15, -0.1) is 0 Å². The number of pyridine rings is 1. The van der Waals surface area contributed by atoms with Gasteiger partial charge in [0.2, 0.25) is 11.7 Å². The van der Waals surface area contributed by atoms with Crippen molar-refractivity contribution in [3.05, 3.63) is 30.3 Å². The molecule has 2 aromatic heterocycles. The van der Waals surface area contributed by atoms with Crippen LogP contribution < -0.4 is 5.32 Å². The zero-order chi connectivity index (χ0) is 16.0. The van der Waals surface area contributed by atoms with E-state index >= 15 is 0 Å². The molecule has 22 heavy (non-hydrogen) atoms. The maximum absolute atomic E-state index is 11.9. The van der Waals surface area contributed by atoms with E-state index in [9.17, 15) is 4.79 Å². The Balaban J connectivity index is 2.05. The molecule has 0 unspecified atom stereocenters. The second-order valence-electron chi connectivity index (χ2n) is 5.15. The normalized spacial score (nSPS) is 13.6. The fourth-order valence-corrected chi connectivity index (χ4v) is 2.18. The van der Waals surface area contributed by atoms with Crippen molar-refractivity contribution in [1.82, 2.24) is 20.4 Å². The van der Waals surface area contributed by atoms with Crippen LogP contribution in [0.25, 0.3) is 11.5 Å². The Morgan fingerprint density at radius 3 is 2.91 bits per heavy atom. The number of rotatable bonds is 7. The average Bonchev–Trinajstić information content (AvgIpc) is 3.02. The Morgan fingerprint density at radius 2 is 2.27 bits per heavy atom. The van der Waals surface area contributed by atoms with Gasteiger partial charge in [-0.05, 0) is 25.5 Å². The van der Waals surface area contributed by atoms with Crippen LogP contribution in [-0.4, -0.2) is 33.7 Å². The van der Waals surface area contributed by atoms with Crippen LogP contribution in [0, 0.1) is 0 Å². The topological polar surface area (TPSA) is 90.1 Å². The molecule has 0 amide bonds. The summed E-state index contributed by atoms with van der Waals surface area (Å²) in [4.78, 5) is 20.3. The van der Waals surface area contributed by atoms with E-state index in [1.54, 1.807) is 19.2 Å². The predicted octanol–water partition coefficient (Wildman–Crippen LogP) is 1.95. The molecular formula is C15H20N4O3. The molecule has 0 fully saturated rings. The van der Waals surface area contributed by atoms with Gasteiger partial charge in [0, 0.05) is 6.20 Å². The molecule has 7 heteroatoms. The number of esters is 1. The van der Waals surface area contributed by atoms with Crippen molar-refractivity contribution in [2.45, 2.75) is 38.8 Å². The molecule has 0 aliphatic carbocycles. The average molecular weight is 304 g/mol. The smallest absolute Gasteiger partial charge is 0.325 e. The van der Waals surface area contributed by atoms with Crippen molar-refractivity contribution < 1.29 is 14.1 Å². The molecule has 118 valence electrons. The van der Waals surface area contributed by atoms with E-state index in [0.29, 0.717) is 23.8 Å². The molecular weight excluding hydrogens is 284 g/mol. The second kappa shape index (κ2) is 7.13. The summed E-state index contributed by atoms with van der Waals surface area (Å²) in [6.07, 6.45) is 3.17. The first-order valence-electron chi connectivity index (χ1n) is 7.16. The minimum Gasteiger partial charge on any atom is -0.468 e. The van der Waals surface area contributed by atoms with E-state index in [0.717, 1.165) is 6.42 Å². The van der Waals surface area contributed by atoms with Gasteiger partial charge in [-0.2, -0.15) is 4.98 Å². The zero-order valence-corrected chi connectivity index (χ0v) is 13.0. The molecule has 0 saturated carbocycles. The van der Waals surface area contributed by atoms with Crippen LogP contribution >= 0.6 is 0 Å². The highest BCUT2D eigenvalue weighted by Gasteiger charge is 2.33. The van der Waals surface area contributed by atoms with Gasteiger partial charge in [0.15, 0.2) is 0 Å². The Morgan fingerprint density at radius 1 is 1.45 bits per heavy atom. The summed E-state index contributed by atoms with van der Waals surface area (Å²) in [5.74, 6) is 0.512. The summed E-state index contributed by atoms with van der Waals surface area (Å²) in [6.45, 7) is 4.10. The van der Waals surface area contributed by atoms with Crippen LogP contribution in [0.3, 0.4) is 0 Å². The van der Waals surface area contributed by atoms with E-state index in [1.165, 1.54) is 7.11 Å². The maximum Gasteiger partial charge on any atom is 0.325 e. The first kappa shape index (κ1) is 16.1. The van der Waals surface area contributed by atoms with E-state index in [-0.39, 0.29) is 12.5 Å². The Kier molecular flexibility index (Phi) is 5.21. The summed E-state index contributed by atoms with van der Waals surface area (Å²) < 4.78 is 10.0. The van der Waals surface area contributed by atoms with Crippen molar-refractivity contribution >= 4 is 5.97 Å². The van der Waals surface area contributed by atoms with Crippen LogP contribution in [0.15, 0.2) is 28.9 Å². The van der Waals surface area contributed by atoms with Crippen molar-refractivity contribution in [2.75, 3.05) is 7.11 Å². The Labute approximate surface area is 129 Å². The predicted molar refractivity (Wildman–Crippen MR) is 79.7 cm³/mol. The first-order valence-corrected chi connectivity index (χ1v) is 7.16. The third kappa shape index (κ3) is 3.67. The molecule has 0 aliphatic rings.